The summed E-state index contributed by atoms with van der Waals surface area (Å²) in [6.07, 6.45) is 3.48. The molecule has 0 fully saturated rings. The Hall–Kier alpha value is -0.650. The van der Waals surface area contributed by atoms with Crippen molar-refractivity contribution in [2.45, 2.75) is 0 Å². The van der Waals surface area contributed by atoms with Crippen LogP contribution in [-0.4, -0.2) is 9.92 Å². The molecule has 1 aliphatic heterocycles. The Morgan fingerprint density at radius 2 is 2.30 bits per heavy atom. The van der Waals surface area contributed by atoms with Gasteiger partial charge in [0.2, 0.25) is 0 Å². The molecule has 0 radical (unpaired) electrons. The molecule has 1 rings (SSSR count). The maximum atomic E-state index is 10.6. The number of primary amides is 1. The molecular formula is C6H7IN2O. The summed E-state index contributed by atoms with van der Waals surface area (Å²) in [5.41, 5.74) is 11.0. The van der Waals surface area contributed by atoms with Crippen molar-refractivity contribution < 1.29 is 4.79 Å². The highest BCUT2D eigenvalue weighted by molar-refractivity contribution is 14.2. The lowest BCUT2D eigenvalue weighted by Crippen LogP contribution is -2.16. The maximum Gasteiger partial charge on any atom is 0.251 e. The van der Waals surface area contributed by atoms with Crippen LogP contribution in [0.15, 0.2) is 21.4 Å². The molecule has 0 spiro atoms. The molecule has 0 aliphatic carbocycles. The number of rotatable bonds is 1. The highest BCUT2D eigenvalue weighted by Crippen LogP contribution is 2.16. The lowest BCUT2D eigenvalue weighted by Gasteiger charge is -2.01. The van der Waals surface area contributed by atoms with Crippen LogP contribution in [0.2, 0.25) is 0 Å². The lowest BCUT2D eigenvalue weighted by molar-refractivity contribution is -0.114. The summed E-state index contributed by atoms with van der Waals surface area (Å²) in [5.74, 6) is -0.429. The van der Waals surface area contributed by atoms with Crippen LogP contribution in [-0.2, 0) is 4.79 Å². The zero-order valence-corrected chi connectivity index (χ0v) is 7.33. The Kier molecular flexibility index (Phi) is 2.21. The fourth-order valence-electron chi connectivity index (χ4n) is 0.575. The summed E-state index contributed by atoms with van der Waals surface area (Å²) < 4.78 is 2.65. The molecule has 3 nitrogen and oxygen atoms in total. The van der Waals surface area contributed by atoms with Gasteiger partial charge in [0.05, 0.1) is 9.28 Å². The van der Waals surface area contributed by atoms with E-state index in [9.17, 15) is 4.79 Å². The fourth-order valence-corrected chi connectivity index (χ4v) is 2.16. The normalized spacial score (nSPS) is 16.8. The summed E-state index contributed by atoms with van der Waals surface area (Å²) >= 11 is -0.277. The molecule has 0 bridgehead atoms. The van der Waals surface area contributed by atoms with Crippen LogP contribution in [0.5, 0.6) is 0 Å². The van der Waals surface area contributed by atoms with Gasteiger partial charge in [0.15, 0.2) is 0 Å². The monoisotopic (exact) mass is 250 g/mol. The quantitative estimate of drug-likeness (QED) is 0.507. The number of hydrogen-bond donors (Lipinski definition) is 2. The number of allylic oxidation sites excluding steroid dienone is 1. The third-order valence-electron chi connectivity index (χ3n) is 1.04. The molecule has 10 heavy (non-hydrogen) atoms. The van der Waals surface area contributed by atoms with Crippen molar-refractivity contribution >= 4 is 30.6 Å². The molecule has 1 amide bonds. The van der Waals surface area contributed by atoms with Gasteiger partial charge in [0, 0.05) is 0 Å². The van der Waals surface area contributed by atoms with E-state index in [0.29, 0.717) is 9.28 Å². The number of hydrogen-bond acceptors (Lipinski definition) is 2. The minimum Gasteiger partial charge on any atom is -0.393 e. The first-order valence-corrected chi connectivity index (χ1v) is 4.97. The van der Waals surface area contributed by atoms with Crippen LogP contribution in [0, 0.1) is 0 Å². The maximum absolute atomic E-state index is 10.6. The third kappa shape index (κ3) is 1.44. The summed E-state index contributed by atoms with van der Waals surface area (Å²) in [5, 5.41) is 0. The second kappa shape index (κ2) is 2.96. The predicted molar refractivity (Wildman–Crippen MR) is 49.6 cm³/mol. The highest BCUT2D eigenvalue weighted by atomic mass is 127. The molecule has 1 aliphatic rings. The van der Waals surface area contributed by atoms with E-state index in [-0.39, 0.29) is 20.7 Å². The number of amides is 1. The molecule has 0 saturated carbocycles. The van der Waals surface area contributed by atoms with Crippen LogP contribution in [0.4, 0.5) is 0 Å². The van der Waals surface area contributed by atoms with Crippen molar-refractivity contribution in [1.29, 1.82) is 0 Å². The van der Waals surface area contributed by atoms with Crippen LogP contribution in [0.3, 0.4) is 0 Å². The van der Waals surface area contributed by atoms with E-state index in [0.717, 1.165) is 0 Å². The molecule has 4 N–H and O–H groups in total. The minimum atomic E-state index is -0.429. The van der Waals surface area contributed by atoms with Gasteiger partial charge in [0.25, 0.3) is 5.91 Å². The molecule has 1 heterocycles. The summed E-state index contributed by atoms with van der Waals surface area (Å²) in [6.45, 7) is 0. The molecule has 4 heteroatoms. The van der Waals surface area contributed by atoms with Gasteiger partial charge in [-0.1, -0.05) is 26.8 Å². The Morgan fingerprint density at radius 3 is 2.70 bits per heavy atom. The summed E-state index contributed by atoms with van der Waals surface area (Å²) in [7, 11) is 0. The average molecular weight is 250 g/mol. The smallest absolute Gasteiger partial charge is 0.251 e. The van der Waals surface area contributed by atoms with E-state index >= 15 is 0 Å². The first-order valence-electron chi connectivity index (χ1n) is 2.64. The standard InChI is InChI=1S/C6H7IN2O/c8-5-4(6(9)10)2-1-3-7-5/h1-3H,8H2,(H2,9,10). The zero-order chi connectivity index (χ0) is 7.56. The Balaban J connectivity index is 3.04. The molecule has 0 saturated heterocycles. The van der Waals surface area contributed by atoms with E-state index in [1.54, 1.807) is 6.08 Å². The van der Waals surface area contributed by atoms with Gasteiger partial charge in [-0.15, -0.1) is 0 Å². The molecular weight excluding hydrogens is 243 g/mol. The SMILES string of the molecule is NC(=O)C1=C(N)I=CC=C1. The first kappa shape index (κ1) is 7.46. The zero-order valence-electron chi connectivity index (χ0n) is 5.17. The van der Waals surface area contributed by atoms with Crippen LogP contribution in [0.25, 0.3) is 0 Å². The number of carbonyl (C=O) groups is 1. The van der Waals surface area contributed by atoms with Crippen LogP contribution in [0.1, 0.15) is 0 Å². The molecule has 0 unspecified atom stereocenters. The largest absolute Gasteiger partial charge is 0.393 e. The van der Waals surface area contributed by atoms with E-state index in [1.165, 1.54) is 0 Å². The average Bonchev–Trinajstić information content (AvgIpc) is 1.88. The molecule has 0 aromatic rings. The lowest BCUT2D eigenvalue weighted by atomic mass is 10.2. The van der Waals surface area contributed by atoms with Gasteiger partial charge in [-0.2, -0.15) is 0 Å². The van der Waals surface area contributed by atoms with E-state index in [2.05, 4.69) is 0 Å². The Bertz CT molecular complexity index is 252. The van der Waals surface area contributed by atoms with Gasteiger partial charge in [-0.25, -0.2) is 0 Å². The van der Waals surface area contributed by atoms with Gasteiger partial charge in [-0.05, 0) is 10.1 Å². The Labute approximate surface area is 68.5 Å². The van der Waals surface area contributed by atoms with Crippen LogP contribution >= 0.6 is 20.7 Å². The van der Waals surface area contributed by atoms with Crippen molar-refractivity contribution in [3.63, 3.8) is 0 Å². The van der Waals surface area contributed by atoms with Crippen LogP contribution < -0.4 is 11.5 Å². The van der Waals surface area contributed by atoms with Gasteiger partial charge < -0.3 is 11.5 Å². The number of halogens is 1. The van der Waals surface area contributed by atoms with Crippen molar-refractivity contribution in [2.75, 3.05) is 0 Å². The highest BCUT2D eigenvalue weighted by Gasteiger charge is 2.06. The third-order valence-corrected chi connectivity index (χ3v) is 3.07. The molecule has 0 aromatic heterocycles. The van der Waals surface area contributed by atoms with Crippen molar-refractivity contribution in [3.05, 3.63) is 21.4 Å². The van der Waals surface area contributed by atoms with Crippen molar-refractivity contribution in [2.24, 2.45) is 11.5 Å². The van der Waals surface area contributed by atoms with Crippen molar-refractivity contribution in [3.8, 4) is 0 Å². The molecule has 0 aromatic carbocycles. The summed E-state index contributed by atoms with van der Waals surface area (Å²) in [4.78, 5) is 10.6. The minimum absolute atomic E-state index is 0.277. The number of nitrogens with two attached hydrogens (primary N) is 2. The molecule has 54 valence electrons. The topological polar surface area (TPSA) is 69.1 Å². The second-order valence-electron chi connectivity index (χ2n) is 1.72. The second-order valence-corrected chi connectivity index (χ2v) is 4.22. The van der Waals surface area contributed by atoms with E-state index in [1.807, 2.05) is 10.1 Å². The predicted octanol–water partition coefficient (Wildman–Crippen LogP) is -0.0153. The first-order chi connectivity index (χ1) is 4.72. The van der Waals surface area contributed by atoms with Crippen molar-refractivity contribution in [1.82, 2.24) is 0 Å². The number of carbonyl (C=O) groups excluding carboxylic acids is 1. The summed E-state index contributed by atoms with van der Waals surface area (Å²) in [6, 6.07) is 0. The molecule has 0 atom stereocenters. The Morgan fingerprint density at radius 1 is 1.60 bits per heavy atom. The van der Waals surface area contributed by atoms with Gasteiger partial charge >= 0.3 is 0 Å². The fraction of sp³-hybridized carbons (Fsp3) is 0. The van der Waals surface area contributed by atoms with E-state index < -0.39 is 5.91 Å². The van der Waals surface area contributed by atoms with Gasteiger partial charge in [0.1, 0.15) is 0 Å². The van der Waals surface area contributed by atoms with E-state index in [4.69, 9.17) is 11.5 Å². The van der Waals surface area contributed by atoms with Gasteiger partial charge in [-0.3, -0.25) is 4.79 Å².